The predicted molar refractivity (Wildman–Crippen MR) is 132 cm³/mol. The molecule has 0 aliphatic rings. The van der Waals surface area contributed by atoms with Crippen molar-refractivity contribution in [3.8, 4) is 5.75 Å². The van der Waals surface area contributed by atoms with Crippen LogP contribution in [0.3, 0.4) is 0 Å². The van der Waals surface area contributed by atoms with Gasteiger partial charge in [-0.15, -0.1) is 0 Å². The lowest BCUT2D eigenvalue weighted by atomic mass is 10.0. The van der Waals surface area contributed by atoms with Crippen LogP contribution in [-0.4, -0.2) is 38.9 Å². The molecular formula is C25H40N2O5Si. The minimum atomic E-state index is -1.82. The van der Waals surface area contributed by atoms with Gasteiger partial charge in [0.05, 0.1) is 13.2 Å². The zero-order valence-corrected chi connectivity index (χ0v) is 22.6. The first-order valence-electron chi connectivity index (χ1n) is 11.4. The van der Waals surface area contributed by atoms with Gasteiger partial charge < -0.3 is 23.7 Å². The fourth-order valence-corrected chi connectivity index (χ4v) is 3.96. The molecule has 2 aromatic rings. The SMILES string of the molecule is COc1ccc(CC(NC(=O)OC(C)(C)C)c2cc(CCO[Si](C)(C)C(C)(C)C)on2)cc1. The second-order valence-electron chi connectivity index (χ2n) is 10.8. The molecule has 0 aliphatic heterocycles. The van der Waals surface area contributed by atoms with Gasteiger partial charge in [-0.1, -0.05) is 38.1 Å². The quantitative estimate of drug-likeness (QED) is 0.443. The van der Waals surface area contributed by atoms with E-state index in [0.717, 1.165) is 17.1 Å². The first kappa shape index (κ1) is 26.9. The summed E-state index contributed by atoms with van der Waals surface area (Å²) in [5, 5.41) is 7.34. The smallest absolute Gasteiger partial charge is 0.408 e. The zero-order chi connectivity index (χ0) is 24.9. The minimum absolute atomic E-state index is 0.153. The third kappa shape index (κ3) is 8.51. The van der Waals surface area contributed by atoms with Crippen molar-refractivity contribution in [1.82, 2.24) is 10.5 Å². The predicted octanol–water partition coefficient (Wildman–Crippen LogP) is 6.06. The molecule has 0 aliphatic carbocycles. The van der Waals surface area contributed by atoms with Crippen molar-refractivity contribution in [2.24, 2.45) is 0 Å². The van der Waals surface area contributed by atoms with Gasteiger partial charge in [0.15, 0.2) is 8.32 Å². The zero-order valence-electron chi connectivity index (χ0n) is 21.6. The van der Waals surface area contributed by atoms with Crippen LogP contribution in [0.5, 0.6) is 5.75 Å². The summed E-state index contributed by atoms with van der Waals surface area (Å²) in [6, 6.07) is 9.22. The van der Waals surface area contributed by atoms with Crippen molar-refractivity contribution >= 4 is 14.4 Å². The molecule has 33 heavy (non-hydrogen) atoms. The number of carbonyl (C=O) groups is 1. The fourth-order valence-electron chi connectivity index (χ4n) is 2.91. The Balaban J connectivity index is 2.12. The largest absolute Gasteiger partial charge is 0.497 e. The van der Waals surface area contributed by atoms with Gasteiger partial charge in [0.1, 0.15) is 22.8 Å². The standard InChI is InChI=1S/C25H40N2O5Si/c1-24(2,3)31-23(28)26-21(16-18-10-12-19(29-7)13-11-18)22-17-20(32-27-22)14-15-30-33(8,9)25(4,5)6/h10-13,17,21H,14-16H2,1-9H3,(H,26,28). The molecule has 1 amide bonds. The number of amides is 1. The van der Waals surface area contributed by atoms with Gasteiger partial charge in [-0.25, -0.2) is 4.79 Å². The molecule has 0 saturated heterocycles. The second kappa shape index (κ2) is 10.7. The van der Waals surface area contributed by atoms with E-state index in [9.17, 15) is 4.79 Å². The monoisotopic (exact) mass is 476 g/mol. The van der Waals surface area contributed by atoms with Crippen LogP contribution in [0.1, 0.15) is 64.6 Å². The van der Waals surface area contributed by atoms with Gasteiger partial charge in [0.2, 0.25) is 0 Å². The first-order chi connectivity index (χ1) is 15.2. The molecular weight excluding hydrogens is 436 g/mol. The van der Waals surface area contributed by atoms with E-state index in [1.165, 1.54) is 0 Å². The van der Waals surface area contributed by atoms with Crippen molar-refractivity contribution in [3.05, 3.63) is 47.3 Å². The van der Waals surface area contributed by atoms with Crippen molar-refractivity contribution in [2.45, 2.75) is 84.2 Å². The van der Waals surface area contributed by atoms with E-state index in [1.54, 1.807) is 7.11 Å². The third-order valence-corrected chi connectivity index (χ3v) is 10.4. The first-order valence-corrected chi connectivity index (χ1v) is 14.3. The van der Waals surface area contributed by atoms with E-state index >= 15 is 0 Å². The number of hydrogen-bond donors (Lipinski definition) is 1. The summed E-state index contributed by atoms with van der Waals surface area (Å²) in [7, 11) is -0.191. The molecule has 8 heteroatoms. The number of alkyl carbamates (subject to hydrolysis) is 1. The summed E-state index contributed by atoms with van der Waals surface area (Å²) >= 11 is 0. The Labute approximate surface area is 199 Å². The number of hydrogen-bond acceptors (Lipinski definition) is 6. The molecule has 2 rings (SSSR count). The number of benzene rings is 1. The Bertz CT molecular complexity index is 895. The third-order valence-electron chi connectivity index (χ3n) is 5.84. The van der Waals surface area contributed by atoms with Gasteiger partial charge in [-0.2, -0.15) is 0 Å². The van der Waals surface area contributed by atoms with Crippen LogP contribution < -0.4 is 10.1 Å². The highest BCUT2D eigenvalue weighted by atomic mass is 28.4. The molecule has 1 atom stereocenters. The lowest BCUT2D eigenvalue weighted by Gasteiger charge is -2.36. The van der Waals surface area contributed by atoms with Crippen molar-refractivity contribution in [2.75, 3.05) is 13.7 Å². The van der Waals surface area contributed by atoms with E-state index in [-0.39, 0.29) is 5.04 Å². The van der Waals surface area contributed by atoms with Gasteiger partial charge >= 0.3 is 6.09 Å². The average Bonchev–Trinajstić information content (AvgIpc) is 3.14. The Morgan fingerprint density at radius 1 is 1.12 bits per heavy atom. The summed E-state index contributed by atoms with van der Waals surface area (Å²) in [6.07, 6.45) is 0.670. The lowest BCUT2D eigenvalue weighted by Crippen LogP contribution is -2.41. The number of rotatable bonds is 9. The highest BCUT2D eigenvalue weighted by Gasteiger charge is 2.37. The van der Waals surface area contributed by atoms with Crippen LogP contribution >= 0.6 is 0 Å². The van der Waals surface area contributed by atoms with Crippen molar-refractivity contribution in [1.29, 1.82) is 0 Å². The lowest BCUT2D eigenvalue weighted by molar-refractivity contribution is 0.0501. The summed E-state index contributed by atoms with van der Waals surface area (Å²) in [5.41, 5.74) is 1.09. The maximum Gasteiger partial charge on any atom is 0.408 e. The molecule has 0 radical (unpaired) electrons. The number of nitrogens with one attached hydrogen (secondary N) is 1. The Kier molecular flexibility index (Phi) is 8.76. The van der Waals surface area contributed by atoms with Gasteiger partial charge in [0, 0.05) is 19.1 Å². The molecule has 1 unspecified atom stereocenters. The van der Waals surface area contributed by atoms with Crippen LogP contribution in [0.15, 0.2) is 34.9 Å². The number of aromatic nitrogens is 1. The number of carbonyl (C=O) groups excluding carboxylic acids is 1. The molecule has 0 spiro atoms. The second-order valence-corrected chi connectivity index (χ2v) is 15.6. The summed E-state index contributed by atoms with van der Waals surface area (Å²) in [6.45, 7) is 17.2. The van der Waals surface area contributed by atoms with Gasteiger partial charge in [-0.05, 0) is 63.0 Å². The van der Waals surface area contributed by atoms with E-state index in [1.807, 2.05) is 51.1 Å². The number of methoxy groups -OCH3 is 1. The molecule has 1 aromatic heterocycles. The summed E-state index contributed by atoms with van der Waals surface area (Å²) in [4.78, 5) is 12.5. The van der Waals surface area contributed by atoms with Crippen molar-refractivity contribution < 1.29 is 23.2 Å². The number of ether oxygens (including phenoxy) is 2. The maximum atomic E-state index is 12.5. The molecule has 7 nitrogen and oxygen atoms in total. The average molecular weight is 477 g/mol. The summed E-state index contributed by atoms with van der Waals surface area (Å²) < 4.78 is 22.5. The molecule has 1 N–H and O–H groups in total. The van der Waals surface area contributed by atoms with Crippen LogP contribution in [0.25, 0.3) is 0 Å². The Hall–Kier alpha value is -2.32. The van der Waals surface area contributed by atoms with E-state index < -0.39 is 26.1 Å². The fraction of sp³-hybridized carbons (Fsp3) is 0.600. The van der Waals surface area contributed by atoms with E-state index in [0.29, 0.717) is 25.1 Å². The van der Waals surface area contributed by atoms with Gasteiger partial charge in [-0.3, -0.25) is 0 Å². The molecule has 0 fully saturated rings. The highest BCUT2D eigenvalue weighted by molar-refractivity contribution is 6.74. The van der Waals surface area contributed by atoms with Crippen LogP contribution in [-0.2, 0) is 22.0 Å². The molecule has 1 heterocycles. The molecule has 0 saturated carbocycles. The van der Waals surface area contributed by atoms with E-state index in [4.69, 9.17) is 18.4 Å². The Morgan fingerprint density at radius 3 is 2.30 bits per heavy atom. The highest BCUT2D eigenvalue weighted by Crippen LogP contribution is 2.36. The molecule has 0 bridgehead atoms. The molecule has 184 valence electrons. The normalized spacial score (nSPS) is 13.5. The van der Waals surface area contributed by atoms with Crippen LogP contribution in [0.4, 0.5) is 4.79 Å². The van der Waals surface area contributed by atoms with Crippen LogP contribution in [0, 0.1) is 0 Å². The topological polar surface area (TPSA) is 82.8 Å². The summed E-state index contributed by atoms with van der Waals surface area (Å²) in [5.74, 6) is 1.51. The maximum absolute atomic E-state index is 12.5. The van der Waals surface area contributed by atoms with Gasteiger partial charge in [0.25, 0.3) is 0 Å². The van der Waals surface area contributed by atoms with Crippen LogP contribution in [0.2, 0.25) is 18.1 Å². The van der Waals surface area contributed by atoms with E-state index in [2.05, 4.69) is 44.3 Å². The molecule has 1 aromatic carbocycles. The minimum Gasteiger partial charge on any atom is -0.497 e. The van der Waals surface area contributed by atoms with Crippen molar-refractivity contribution in [3.63, 3.8) is 0 Å². The number of nitrogens with zero attached hydrogens (tertiary/aromatic N) is 1. The Morgan fingerprint density at radius 2 is 1.76 bits per heavy atom.